The maximum absolute atomic E-state index is 10.7. The SMILES string of the molecule is CC(C)(C)C1=NN=NC1.CC(C)(C)CC(=O)CN.CC(C)(C)CCC(N)=O.CC(C)(C)N1CCCC1.CC(C)(C)N1CCNCC1.CC(C)(C)NCN.CC(C)(C)c1ncc[nH]1.CC(C)(C)n1ccnc1.CC(C)(C)n1cnnn1. The topological polar surface area (TPSA) is 270 Å². The number of aromatic amines is 1. The number of tetrazole rings is 1. The summed E-state index contributed by atoms with van der Waals surface area (Å²) in [4.78, 5) is 37.2. The number of carbonyl (C=O) groups is 2. The first kappa shape index (κ1) is 79.9. The fraction of sp³-hybridized carbons (Fsp3) is 0.833. The molecule has 20 nitrogen and oxygen atoms in total. The van der Waals surface area contributed by atoms with Gasteiger partial charge in [-0.3, -0.25) is 24.7 Å². The second-order valence-electron chi connectivity index (χ2n) is 29.9. The number of hydrogen-bond acceptors (Lipinski definition) is 16. The van der Waals surface area contributed by atoms with E-state index in [0.717, 1.165) is 31.0 Å². The average molecular weight is 1130 g/mol. The van der Waals surface area contributed by atoms with Crippen LogP contribution in [0.25, 0.3) is 0 Å². The molecule has 80 heavy (non-hydrogen) atoms. The third kappa shape index (κ3) is 46.3. The average Bonchev–Trinajstić information content (AvgIpc) is 4.15. The second-order valence-corrected chi connectivity index (χ2v) is 29.9. The largest absolute Gasteiger partial charge is 0.370 e. The van der Waals surface area contributed by atoms with Crippen molar-refractivity contribution in [1.82, 2.24) is 60.2 Å². The summed E-state index contributed by atoms with van der Waals surface area (Å²) in [6.45, 7) is 66.4. The quantitative estimate of drug-likeness (QED) is 0.130. The summed E-state index contributed by atoms with van der Waals surface area (Å²) in [5.41, 5.74) is 18.1. The van der Waals surface area contributed by atoms with E-state index in [4.69, 9.17) is 17.2 Å². The lowest BCUT2D eigenvalue weighted by molar-refractivity contribution is -0.119. The van der Waals surface area contributed by atoms with Gasteiger partial charge < -0.3 is 32.1 Å². The number of nitrogens with one attached hydrogen (secondary N) is 3. The molecule has 6 rings (SSSR count). The molecule has 9 N–H and O–H groups in total. The molecule has 6 heterocycles. The Kier molecular flexibility index (Phi) is 36.9. The van der Waals surface area contributed by atoms with Gasteiger partial charge in [-0.1, -0.05) is 83.1 Å². The molecule has 0 aromatic carbocycles. The Morgan fingerprint density at radius 2 is 1.18 bits per heavy atom. The maximum atomic E-state index is 10.7. The zero-order valence-electron chi connectivity index (χ0n) is 56.3. The molecule has 3 aliphatic heterocycles. The van der Waals surface area contributed by atoms with Crippen molar-refractivity contribution in [1.29, 1.82) is 0 Å². The number of carbonyl (C=O) groups excluding carboxylic acids is 2. The van der Waals surface area contributed by atoms with Crippen LogP contribution in [0.3, 0.4) is 0 Å². The van der Waals surface area contributed by atoms with Gasteiger partial charge in [0.15, 0.2) is 0 Å². The summed E-state index contributed by atoms with van der Waals surface area (Å²) in [5.74, 6) is 0.981. The van der Waals surface area contributed by atoms with Gasteiger partial charge in [0, 0.05) is 103 Å². The van der Waals surface area contributed by atoms with Crippen LogP contribution < -0.4 is 27.8 Å². The van der Waals surface area contributed by atoms with E-state index in [1.54, 1.807) is 23.4 Å². The summed E-state index contributed by atoms with van der Waals surface area (Å²) in [5, 5.41) is 28.4. The van der Waals surface area contributed by atoms with Crippen molar-refractivity contribution in [2.75, 3.05) is 59.0 Å². The Bertz CT molecular complexity index is 1930. The molecule has 0 spiro atoms. The van der Waals surface area contributed by atoms with Crippen LogP contribution in [-0.2, 0) is 26.1 Å². The number of nitrogens with two attached hydrogens (primary N) is 3. The van der Waals surface area contributed by atoms with Crippen molar-refractivity contribution in [3.8, 4) is 0 Å². The van der Waals surface area contributed by atoms with Crippen LogP contribution in [0.2, 0.25) is 0 Å². The predicted octanol–water partition coefficient (Wildman–Crippen LogP) is 10.7. The van der Waals surface area contributed by atoms with Crippen LogP contribution in [0.1, 0.15) is 225 Å². The Labute approximate surface area is 488 Å². The monoisotopic (exact) mass is 1130 g/mol. The third-order valence-corrected chi connectivity index (χ3v) is 11.7. The summed E-state index contributed by atoms with van der Waals surface area (Å²) >= 11 is 0. The van der Waals surface area contributed by atoms with Gasteiger partial charge in [-0.05, 0) is 163 Å². The molecule has 2 saturated heterocycles. The van der Waals surface area contributed by atoms with E-state index in [-0.39, 0.29) is 56.5 Å². The van der Waals surface area contributed by atoms with Crippen molar-refractivity contribution < 1.29 is 9.59 Å². The first-order valence-electron chi connectivity index (χ1n) is 28.9. The molecule has 1 amide bonds. The number of imidazole rings is 2. The van der Waals surface area contributed by atoms with E-state index >= 15 is 0 Å². The van der Waals surface area contributed by atoms with E-state index in [1.165, 1.54) is 39.0 Å². The molecule has 20 heteroatoms. The molecule has 2 fully saturated rings. The zero-order valence-corrected chi connectivity index (χ0v) is 56.3. The molecule has 3 aliphatic rings. The molecular formula is C60H124N18O2. The number of H-pyrrole nitrogens is 1. The fourth-order valence-electron chi connectivity index (χ4n) is 6.59. The van der Waals surface area contributed by atoms with Crippen LogP contribution >= 0.6 is 0 Å². The minimum Gasteiger partial charge on any atom is -0.370 e. The van der Waals surface area contributed by atoms with Crippen molar-refractivity contribution in [3.05, 3.63) is 43.3 Å². The summed E-state index contributed by atoms with van der Waals surface area (Å²) < 4.78 is 3.79. The van der Waals surface area contributed by atoms with E-state index in [0.29, 0.717) is 37.1 Å². The van der Waals surface area contributed by atoms with Crippen molar-refractivity contribution in [2.45, 2.75) is 252 Å². The minimum absolute atomic E-state index is 0.00347. The summed E-state index contributed by atoms with van der Waals surface area (Å²) in [6.07, 6.45) is 15.6. The Hall–Kier alpha value is -4.34. The smallest absolute Gasteiger partial charge is 0.217 e. The van der Waals surface area contributed by atoms with Crippen LogP contribution in [0.15, 0.2) is 52.9 Å². The number of amides is 1. The molecule has 0 bridgehead atoms. The number of Topliss-reactive ketones (excluding diaryl/α,β-unsaturated/α-hetero) is 1. The Balaban J connectivity index is -0.000000835. The van der Waals surface area contributed by atoms with Crippen LogP contribution in [0.5, 0.6) is 0 Å². The lowest BCUT2D eigenvalue weighted by atomic mass is 9.90. The lowest BCUT2D eigenvalue weighted by Crippen LogP contribution is -2.51. The van der Waals surface area contributed by atoms with Crippen molar-refractivity contribution in [2.24, 2.45) is 48.9 Å². The first-order valence-corrected chi connectivity index (χ1v) is 28.9. The number of aromatic nitrogens is 8. The molecule has 0 radical (unpaired) electrons. The molecule has 3 aromatic rings. The van der Waals surface area contributed by atoms with Crippen LogP contribution in [0, 0.1) is 16.2 Å². The highest BCUT2D eigenvalue weighted by Crippen LogP contribution is 2.22. The van der Waals surface area contributed by atoms with Gasteiger partial charge in [0.2, 0.25) is 5.91 Å². The Morgan fingerprint density at radius 3 is 1.36 bits per heavy atom. The second kappa shape index (κ2) is 37.0. The van der Waals surface area contributed by atoms with Gasteiger partial charge in [-0.25, -0.2) is 14.6 Å². The molecule has 466 valence electrons. The number of primary amides is 1. The van der Waals surface area contributed by atoms with Gasteiger partial charge in [0.05, 0.1) is 24.1 Å². The molecule has 3 aromatic heterocycles. The molecular weight excluding hydrogens is 1000 g/mol. The van der Waals surface area contributed by atoms with E-state index in [1.807, 2.05) is 60.3 Å². The van der Waals surface area contributed by atoms with E-state index < -0.39 is 0 Å². The first-order chi connectivity index (χ1) is 36.1. The number of nitrogens with zero attached hydrogens (tertiary/aromatic N) is 12. The standard InChI is InChI=1S/C8H18N2.C8H17N.2C7H12N2.2C7H15NO.C6H11N3.C5H10N4.C5H14N2/c1-8(2,3)10-6-4-9-5-7-10;1-8(2,3)9-6-4-5-7-9;1-7(2,3)9-5-4-8-6-9;1-7(2,3)6-8-4-5-9-6;1-7(2,3)4-6(9)5-8;1-7(2,3)5-4-6(8)9;1-6(2,3)5-4-7-9-8-5;1-5(2,3)9-4-6-7-8-9;1-5(2,3)7-4-6/h9H,4-7H2,1-3H3;4-7H2,1-3H3;4-6H,1-3H3;4-5H,1-3H3,(H,8,9);4-5,8H2,1-3H3;4-5H2,1-3H3,(H2,8,9);4H2,1-3H3;4H,1-3H3;7H,4,6H2,1-3H3. The van der Waals surface area contributed by atoms with Gasteiger partial charge in [-0.15, -0.1) is 10.2 Å². The zero-order chi connectivity index (χ0) is 63.0. The number of rotatable bonds is 5. The maximum Gasteiger partial charge on any atom is 0.217 e. The number of likely N-dealkylation sites (tertiary alicyclic amines) is 1. The number of ketones is 1. The van der Waals surface area contributed by atoms with Gasteiger partial charge in [0.25, 0.3) is 0 Å². The molecule has 0 aliphatic carbocycles. The minimum atomic E-state index is -0.204. The highest BCUT2D eigenvalue weighted by molar-refractivity contribution is 5.91. The van der Waals surface area contributed by atoms with Crippen LogP contribution in [-0.4, -0.2) is 143 Å². The summed E-state index contributed by atoms with van der Waals surface area (Å²) in [6, 6.07) is 0. The number of hydrogen-bond donors (Lipinski definition) is 6. The normalized spacial score (nSPS) is 15.2. The van der Waals surface area contributed by atoms with Crippen molar-refractivity contribution in [3.63, 3.8) is 0 Å². The molecule has 0 saturated carbocycles. The Morgan fingerprint density at radius 1 is 0.650 bits per heavy atom. The van der Waals surface area contributed by atoms with Gasteiger partial charge in [0.1, 0.15) is 24.5 Å². The number of piperazine rings is 1. The molecule has 0 atom stereocenters. The lowest BCUT2D eigenvalue weighted by Gasteiger charge is -2.38. The third-order valence-electron chi connectivity index (χ3n) is 11.7. The van der Waals surface area contributed by atoms with Crippen molar-refractivity contribution >= 4 is 17.4 Å². The van der Waals surface area contributed by atoms with E-state index in [9.17, 15) is 9.59 Å². The van der Waals surface area contributed by atoms with E-state index in [2.05, 4.69) is 216 Å². The van der Waals surface area contributed by atoms with Crippen LogP contribution in [0.4, 0.5) is 0 Å². The highest BCUT2D eigenvalue weighted by atomic mass is 16.1. The van der Waals surface area contributed by atoms with Gasteiger partial charge >= 0.3 is 0 Å². The molecule has 0 unspecified atom stereocenters. The predicted molar refractivity (Wildman–Crippen MR) is 337 cm³/mol. The fourth-order valence-corrected chi connectivity index (χ4v) is 6.59. The highest BCUT2D eigenvalue weighted by Gasteiger charge is 2.24. The summed E-state index contributed by atoms with van der Waals surface area (Å²) in [7, 11) is 0. The van der Waals surface area contributed by atoms with Gasteiger partial charge in [-0.2, -0.15) is 5.11 Å².